The molecule has 3 aromatic rings. The maximum atomic E-state index is 14.4. The van der Waals surface area contributed by atoms with Crippen LogP contribution in [0, 0.1) is 11.6 Å². The quantitative estimate of drug-likeness (QED) is 0.256. The number of carbonyl (C=O) groups is 1. The van der Waals surface area contributed by atoms with Gasteiger partial charge in [-0.05, 0) is 60.9 Å². The fourth-order valence-corrected chi connectivity index (χ4v) is 5.31. The van der Waals surface area contributed by atoms with E-state index in [2.05, 4.69) is 28.6 Å². The average molecular weight is 512 g/mol. The van der Waals surface area contributed by atoms with Gasteiger partial charge in [0.1, 0.15) is 11.6 Å². The first-order valence-electron chi connectivity index (χ1n) is 13.8. The Morgan fingerprint density at radius 3 is 2.46 bits per heavy atom. The zero-order chi connectivity index (χ0) is 26.2. The van der Waals surface area contributed by atoms with Gasteiger partial charge in [0.2, 0.25) is 0 Å². The molecule has 0 saturated carbocycles. The van der Waals surface area contributed by atoms with Gasteiger partial charge in [-0.2, -0.15) is 0 Å². The van der Waals surface area contributed by atoms with E-state index >= 15 is 0 Å². The number of fused-ring (bicyclic) bond motifs is 3. The number of amides is 1. The molecule has 1 N–H and O–H groups in total. The number of alkyl carbamates (subject to hydrolysis) is 1. The maximum absolute atomic E-state index is 14.4. The smallest absolute Gasteiger partial charge is 0.408 e. The van der Waals surface area contributed by atoms with Gasteiger partial charge >= 0.3 is 6.09 Å². The van der Waals surface area contributed by atoms with Crippen molar-refractivity contribution in [3.05, 3.63) is 65.4 Å². The van der Waals surface area contributed by atoms with Crippen molar-refractivity contribution in [3.63, 3.8) is 0 Å². The Bertz CT molecular complexity index is 1180. The number of nitrogens with zero attached hydrogens (tertiary/aromatic N) is 2. The van der Waals surface area contributed by atoms with Crippen LogP contribution >= 0.6 is 0 Å². The zero-order valence-corrected chi connectivity index (χ0v) is 22.1. The predicted molar refractivity (Wildman–Crippen MR) is 144 cm³/mol. The summed E-state index contributed by atoms with van der Waals surface area (Å²) in [6.07, 6.45) is 8.48. The molecule has 0 spiro atoms. The van der Waals surface area contributed by atoms with E-state index in [0.717, 1.165) is 92.2 Å². The number of carbonyl (C=O) groups excluding carboxylic acids is 1. The van der Waals surface area contributed by atoms with E-state index in [0.29, 0.717) is 13.2 Å². The van der Waals surface area contributed by atoms with Crippen molar-refractivity contribution in [3.8, 4) is 5.69 Å². The van der Waals surface area contributed by atoms with Crippen molar-refractivity contribution < 1.29 is 18.3 Å². The van der Waals surface area contributed by atoms with Crippen LogP contribution in [-0.2, 0) is 17.7 Å². The highest BCUT2D eigenvalue weighted by molar-refractivity contribution is 5.87. The third-order valence-corrected chi connectivity index (χ3v) is 7.26. The van der Waals surface area contributed by atoms with Gasteiger partial charge in [0.15, 0.2) is 0 Å². The molecule has 0 bridgehead atoms. The summed E-state index contributed by atoms with van der Waals surface area (Å²) >= 11 is 0. The Kier molecular flexibility index (Phi) is 9.56. The summed E-state index contributed by atoms with van der Waals surface area (Å²) in [5.41, 5.74) is 3.92. The molecule has 0 unspecified atom stereocenters. The number of benzene rings is 2. The van der Waals surface area contributed by atoms with E-state index in [1.54, 1.807) is 24.3 Å². The Morgan fingerprint density at radius 2 is 1.70 bits per heavy atom. The lowest BCUT2D eigenvalue weighted by Crippen LogP contribution is -2.50. The topological polar surface area (TPSA) is 46.5 Å². The highest BCUT2D eigenvalue weighted by Crippen LogP contribution is 2.35. The number of hydrogen-bond acceptors (Lipinski definition) is 3. The van der Waals surface area contributed by atoms with Gasteiger partial charge in [0.25, 0.3) is 0 Å². The molecule has 7 heteroatoms. The second-order valence-electron chi connectivity index (χ2n) is 9.97. The van der Waals surface area contributed by atoms with Crippen molar-refractivity contribution in [2.24, 2.45) is 0 Å². The summed E-state index contributed by atoms with van der Waals surface area (Å²) in [6, 6.07) is 11.3. The molecule has 37 heavy (non-hydrogen) atoms. The molecule has 2 aromatic carbocycles. The van der Waals surface area contributed by atoms with E-state index in [-0.39, 0.29) is 23.9 Å². The van der Waals surface area contributed by atoms with Crippen molar-refractivity contribution in [1.82, 2.24) is 14.8 Å². The van der Waals surface area contributed by atoms with Crippen LogP contribution in [-0.4, -0.2) is 34.9 Å². The number of rotatable bonds is 12. The van der Waals surface area contributed by atoms with Crippen molar-refractivity contribution in [2.45, 2.75) is 84.3 Å². The van der Waals surface area contributed by atoms with Gasteiger partial charge in [0, 0.05) is 36.3 Å². The summed E-state index contributed by atoms with van der Waals surface area (Å²) in [5.74, 6) is -0.572. The minimum atomic E-state index is -0.372. The van der Waals surface area contributed by atoms with Crippen molar-refractivity contribution in [2.75, 3.05) is 13.2 Å². The Hall–Kier alpha value is -2.93. The Labute approximate surface area is 218 Å². The van der Waals surface area contributed by atoms with E-state index in [1.165, 1.54) is 18.2 Å². The molecule has 1 amide bonds. The van der Waals surface area contributed by atoms with Crippen LogP contribution < -0.4 is 5.32 Å². The lowest BCUT2D eigenvalue weighted by Gasteiger charge is -2.35. The molecule has 0 radical (unpaired) electrons. The summed E-state index contributed by atoms with van der Waals surface area (Å²) in [6.45, 7) is 6.10. The van der Waals surface area contributed by atoms with Crippen LogP contribution in [0.3, 0.4) is 0 Å². The molecule has 4 rings (SSSR count). The number of aromatic nitrogens is 1. The number of halogens is 2. The van der Waals surface area contributed by atoms with Gasteiger partial charge in [0.05, 0.1) is 18.3 Å². The first kappa shape index (κ1) is 27.1. The maximum Gasteiger partial charge on any atom is 0.408 e. The molecule has 2 heterocycles. The molecule has 1 atom stereocenters. The van der Waals surface area contributed by atoms with Crippen LogP contribution in [0.15, 0.2) is 42.5 Å². The van der Waals surface area contributed by atoms with Gasteiger partial charge in [-0.25, -0.2) is 13.6 Å². The Balaban J connectivity index is 1.57. The largest absolute Gasteiger partial charge is 0.450 e. The van der Waals surface area contributed by atoms with E-state index < -0.39 is 0 Å². The molecule has 0 saturated heterocycles. The van der Waals surface area contributed by atoms with Gasteiger partial charge in [-0.1, -0.05) is 52.4 Å². The Morgan fingerprint density at radius 1 is 0.973 bits per heavy atom. The minimum Gasteiger partial charge on any atom is -0.450 e. The molecular weight excluding hydrogens is 472 g/mol. The number of unbranched alkanes of at least 4 members (excludes halogenated alkanes) is 5. The van der Waals surface area contributed by atoms with Crippen LogP contribution in [0.25, 0.3) is 16.6 Å². The molecule has 200 valence electrons. The second-order valence-corrected chi connectivity index (χ2v) is 9.97. The normalized spacial score (nSPS) is 14.5. The lowest BCUT2D eigenvalue weighted by atomic mass is 10.0. The fraction of sp³-hybridized carbons (Fsp3) is 0.500. The minimum absolute atomic E-state index is 0.152. The van der Waals surface area contributed by atoms with Gasteiger partial charge < -0.3 is 14.6 Å². The monoisotopic (exact) mass is 511 g/mol. The summed E-state index contributed by atoms with van der Waals surface area (Å²) in [7, 11) is 0. The van der Waals surface area contributed by atoms with Crippen molar-refractivity contribution >= 4 is 17.0 Å². The molecule has 1 aliphatic heterocycles. The first-order chi connectivity index (χ1) is 18.0. The van der Waals surface area contributed by atoms with Crippen molar-refractivity contribution in [1.29, 1.82) is 0 Å². The van der Waals surface area contributed by atoms with E-state index in [1.807, 2.05) is 0 Å². The SMILES string of the molecule is CCCCCCOC(=O)N[C@H](CCCCC)N1CCc2c(c3cc(F)ccc3n2-c2ccc(F)cc2)C1. The standard InChI is InChI=1S/C30H39F2N3O2/c1-3-5-7-9-19-37-30(36)33-29(10-8-6-4-2)34-18-17-28-26(21-34)25-20-23(32)13-16-27(25)35(28)24-14-11-22(31)12-15-24/h11-16,20,29H,3-10,17-19,21H2,1-2H3,(H,33,36)/t29-/m0/s1. The number of hydrogen-bond donors (Lipinski definition) is 1. The van der Waals surface area contributed by atoms with E-state index in [4.69, 9.17) is 4.74 Å². The van der Waals surface area contributed by atoms with Gasteiger partial charge in [-0.15, -0.1) is 0 Å². The molecular formula is C30H39F2N3O2. The van der Waals surface area contributed by atoms with Crippen LogP contribution in [0.1, 0.15) is 76.5 Å². The van der Waals surface area contributed by atoms with Crippen LogP contribution in [0.5, 0.6) is 0 Å². The second kappa shape index (κ2) is 13.0. The zero-order valence-electron chi connectivity index (χ0n) is 22.1. The molecule has 0 aliphatic carbocycles. The number of ether oxygens (including phenoxy) is 1. The highest BCUT2D eigenvalue weighted by atomic mass is 19.1. The van der Waals surface area contributed by atoms with Gasteiger partial charge in [-0.3, -0.25) is 4.90 Å². The molecule has 1 aliphatic rings. The molecule has 1 aromatic heterocycles. The van der Waals surface area contributed by atoms with Crippen LogP contribution in [0.2, 0.25) is 0 Å². The molecule has 5 nitrogen and oxygen atoms in total. The third kappa shape index (κ3) is 6.69. The third-order valence-electron chi connectivity index (χ3n) is 7.26. The summed E-state index contributed by atoms with van der Waals surface area (Å²) in [4.78, 5) is 14.9. The average Bonchev–Trinajstić information content (AvgIpc) is 3.21. The fourth-order valence-electron chi connectivity index (χ4n) is 5.31. The molecule has 0 fully saturated rings. The van der Waals surface area contributed by atoms with Crippen LogP contribution in [0.4, 0.5) is 13.6 Å². The first-order valence-corrected chi connectivity index (χ1v) is 13.8. The lowest BCUT2D eigenvalue weighted by molar-refractivity contribution is 0.101. The van der Waals surface area contributed by atoms with E-state index in [9.17, 15) is 13.6 Å². The predicted octanol–water partition coefficient (Wildman–Crippen LogP) is 7.48. The highest BCUT2D eigenvalue weighted by Gasteiger charge is 2.29. The summed E-state index contributed by atoms with van der Waals surface area (Å²) < 4.78 is 35.6. The number of nitrogens with one attached hydrogen (secondary N) is 1. The summed E-state index contributed by atoms with van der Waals surface area (Å²) in [5, 5.41) is 3.97.